The third-order valence-electron chi connectivity index (χ3n) is 4.69. The maximum Gasteiger partial charge on any atom is 0.265 e. The van der Waals surface area contributed by atoms with Gasteiger partial charge in [-0.2, -0.15) is 13.5 Å². The molecule has 4 heterocycles. The zero-order valence-electron chi connectivity index (χ0n) is 17.5. The van der Waals surface area contributed by atoms with Crippen LogP contribution in [-0.2, 0) is 20.8 Å². The molecule has 10 nitrogen and oxygen atoms in total. The number of imidazole rings is 1. The molecule has 4 rings (SSSR count). The second-order valence-corrected chi connectivity index (χ2v) is 9.16. The molecule has 0 saturated heterocycles. The van der Waals surface area contributed by atoms with Crippen LogP contribution < -0.4 is 4.74 Å². The summed E-state index contributed by atoms with van der Waals surface area (Å²) in [6.45, 7) is 8.65. The molecule has 1 aliphatic rings. The van der Waals surface area contributed by atoms with Crippen LogP contribution in [0.5, 0.6) is 5.75 Å². The fourth-order valence-electron chi connectivity index (χ4n) is 3.41. The van der Waals surface area contributed by atoms with E-state index < -0.39 is 16.2 Å². The van der Waals surface area contributed by atoms with Crippen LogP contribution in [0, 0.1) is 6.92 Å². The number of rotatable bonds is 5. The molecule has 0 N–H and O–H groups in total. The van der Waals surface area contributed by atoms with Gasteiger partial charge in [-0.05, 0) is 33.8 Å². The van der Waals surface area contributed by atoms with E-state index >= 15 is 0 Å². The van der Waals surface area contributed by atoms with Crippen LogP contribution >= 0.6 is 0 Å². The lowest BCUT2D eigenvalue weighted by Crippen LogP contribution is -2.09. The van der Waals surface area contributed by atoms with Crippen molar-refractivity contribution < 1.29 is 17.3 Å². The zero-order chi connectivity index (χ0) is 21.6. The fraction of sp³-hybridized carbons (Fsp3) is 0.474. The molecule has 3 aromatic heterocycles. The lowest BCUT2D eigenvalue weighted by atomic mass is 10.1. The summed E-state index contributed by atoms with van der Waals surface area (Å²) in [4.78, 5) is 13.7. The first kappa shape index (κ1) is 20.5. The van der Waals surface area contributed by atoms with E-state index in [1.807, 2.05) is 36.2 Å². The zero-order valence-corrected chi connectivity index (χ0v) is 18.3. The quantitative estimate of drug-likeness (QED) is 0.565. The minimum Gasteiger partial charge on any atom is -0.489 e. The smallest absolute Gasteiger partial charge is 0.265 e. The Balaban J connectivity index is 1.80. The third-order valence-corrected chi connectivity index (χ3v) is 5.33. The Morgan fingerprint density at radius 2 is 1.97 bits per heavy atom. The van der Waals surface area contributed by atoms with Gasteiger partial charge in [-0.15, -0.1) is 0 Å². The molecule has 160 valence electrons. The first-order chi connectivity index (χ1) is 14.1. The van der Waals surface area contributed by atoms with E-state index in [-0.39, 0.29) is 6.04 Å². The first-order valence-electron chi connectivity index (χ1n) is 9.64. The predicted molar refractivity (Wildman–Crippen MR) is 109 cm³/mol. The van der Waals surface area contributed by atoms with Crippen molar-refractivity contribution in [3.8, 4) is 28.7 Å². The molecule has 1 unspecified atom stereocenters. The van der Waals surface area contributed by atoms with Gasteiger partial charge in [0.1, 0.15) is 35.8 Å². The Morgan fingerprint density at radius 1 is 1.20 bits per heavy atom. The topological polar surface area (TPSA) is 114 Å². The Hall–Kier alpha value is -2.79. The van der Waals surface area contributed by atoms with Crippen molar-refractivity contribution in [2.24, 2.45) is 0 Å². The second kappa shape index (κ2) is 7.47. The van der Waals surface area contributed by atoms with Crippen molar-refractivity contribution >= 4 is 10.1 Å². The summed E-state index contributed by atoms with van der Waals surface area (Å²) in [5.41, 5.74) is 1.91. The highest BCUT2D eigenvalue weighted by atomic mass is 32.2. The predicted octanol–water partition coefficient (Wildman–Crippen LogP) is 2.52. The fourth-order valence-corrected chi connectivity index (χ4v) is 4.03. The molecule has 30 heavy (non-hydrogen) atoms. The highest BCUT2D eigenvalue weighted by molar-refractivity contribution is 7.86. The number of fused-ring (bicyclic) bond motifs is 3. The second-order valence-electron chi connectivity index (χ2n) is 7.56. The van der Waals surface area contributed by atoms with Gasteiger partial charge in [-0.1, -0.05) is 0 Å². The maximum atomic E-state index is 11.5. The average molecular weight is 433 g/mol. The maximum absolute atomic E-state index is 11.5. The van der Waals surface area contributed by atoms with Gasteiger partial charge in [0.15, 0.2) is 5.82 Å². The van der Waals surface area contributed by atoms with Gasteiger partial charge in [-0.3, -0.25) is 9.17 Å². The van der Waals surface area contributed by atoms with E-state index in [2.05, 4.69) is 15.1 Å². The van der Waals surface area contributed by atoms with Crippen molar-refractivity contribution in [2.75, 3.05) is 12.9 Å². The summed E-state index contributed by atoms with van der Waals surface area (Å²) in [6, 6.07) is 1.90. The first-order valence-corrected chi connectivity index (χ1v) is 11.5. The number of hydrogen-bond acceptors (Lipinski definition) is 8. The van der Waals surface area contributed by atoms with E-state index in [0.717, 1.165) is 11.8 Å². The van der Waals surface area contributed by atoms with Crippen LogP contribution in [0.3, 0.4) is 0 Å². The number of hydrogen-bond donors (Lipinski definition) is 0. The van der Waals surface area contributed by atoms with Crippen molar-refractivity contribution in [2.45, 2.75) is 46.4 Å². The van der Waals surface area contributed by atoms with Crippen LogP contribution in [0.1, 0.15) is 44.4 Å². The molecule has 0 aromatic carbocycles. The highest BCUT2D eigenvalue weighted by Crippen LogP contribution is 2.35. The summed E-state index contributed by atoms with van der Waals surface area (Å²) in [7, 11) is -3.61. The minimum atomic E-state index is -3.61. The lowest BCUT2D eigenvalue weighted by Gasteiger charge is -2.13. The molecule has 0 amide bonds. The molecular weight excluding hydrogens is 408 g/mol. The molecule has 1 aliphatic heterocycles. The Labute approximate surface area is 175 Å². The van der Waals surface area contributed by atoms with Crippen molar-refractivity contribution in [3.63, 3.8) is 0 Å². The van der Waals surface area contributed by atoms with Crippen molar-refractivity contribution in [1.29, 1.82) is 0 Å². The summed E-state index contributed by atoms with van der Waals surface area (Å²) >= 11 is 0. The number of nitrogens with zero attached hydrogens (tertiary/aromatic N) is 6. The van der Waals surface area contributed by atoms with E-state index in [0.29, 0.717) is 47.8 Å². The summed E-state index contributed by atoms with van der Waals surface area (Å²) < 4.78 is 37.8. The number of aryl methyl sites for hydroxylation is 1. The van der Waals surface area contributed by atoms with E-state index in [1.54, 1.807) is 19.2 Å². The third kappa shape index (κ3) is 3.94. The highest BCUT2D eigenvalue weighted by Gasteiger charge is 2.24. The molecule has 0 radical (unpaired) electrons. The molecule has 11 heteroatoms. The largest absolute Gasteiger partial charge is 0.489 e. The van der Waals surface area contributed by atoms with Gasteiger partial charge in [0.25, 0.3) is 10.1 Å². The lowest BCUT2D eigenvalue weighted by molar-refractivity contribution is 0.231. The molecule has 0 saturated carbocycles. The van der Waals surface area contributed by atoms with Crippen molar-refractivity contribution in [1.82, 2.24) is 29.3 Å². The Bertz CT molecular complexity index is 1200. The Kier molecular flexibility index (Phi) is 5.10. The Morgan fingerprint density at radius 3 is 2.67 bits per heavy atom. The number of aromatic nitrogens is 6. The van der Waals surface area contributed by atoms with Crippen LogP contribution in [0.2, 0.25) is 0 Å². The van der Waals surface area contributed by atoms with Gasteiger partial charge >= 0.3 is 0 Å². The van der Waals surface area contributed by atoms with Gasteiger partial charge in [0.05, 0.1) is 30.3 Å². The normalized spacial score (nSPS) is 14.7. The standard InChI is InChI=1S/C19H24N6O4S/c1-11(2)25-19(21-13(4)23-25)16-10-24-6-7-28-17-9-20-15(8-14(17)18(24)22-16)12(3)29-30(5,26)27/h8-12H,6-7H2,1-5H3. The van der Waals surface area contributed by atoms with Gasteiger partial charge in [-0.25, -0.2) is 14.6 Å². The summed E-state index contributed by atoms with van der Waals surface area (Å²) in [6.07, 6.45) is 3.80. The molecule has 0 fully saturated rings. The van der Waals surface area contributed by atoms with E-state index in [1.165, 1.54) is 0 Å². The van der Waals surface area contributed by atoms with Crippen LogP contribution in [-0.4, -0.2) is 50.6 Å². The average Bonchev–Trinajstić information content (AvgIpc) is 3.20. The molecule has 0 bridgehead atoms. The van der Waals surface area contributed by atoms with Gasteiger partial charge < -0.3 is 9.30 Å². The van der Waals surface area contributed by atoms with Crippen LogP contribution in [0.15, 0.2) is 18.5 Å². The van der Waals surface area contributed by atoms with Crippen LogP contribution in [0.4, 0.5) is 0 Å². The van der Waals surface area contributed by atoms with Gasteiger partial charge in [0.2, 0.25) is 0 Å². The summed E-state index contributed by atoms with van der Waals surface area (Å²) in [5, 5.41) is 4.48. The molecular formula is C19H24N6O4S. The molecule has 0 aliphatic carbocycles. The monoisotopic (exact) mass is 432 g/mol. The minimum absolute atomic E-state index is 0.142. The van der Waals surface area contributed by atoms with Gasteiger partial charge in [0, 0.05) is 12.2 Å². The van der Waals surface area contributed by atoms with Crippen molar-refractivity contribution in [3.05, 3.63) is 30.0 Å². The number of ether oxygens (including phenoxy) is 1. The summed E-state index contributed by atoms with van der Waals surface area (Å²) in [5.74, 6) is 2.67. The number of pyridine rings is 1. The van der Waals surface area contributed by atoms with E-state index in [9.17, 15) is 8.42 Å². The molecule has 0 spiro atoms. The molecule has 3 aromatic rings. The van der Waals surface area contributed by atoms with E-state index in [4.69, 9.17) is 13.9 Å². The molecule has 1 atom stereocenters. The SMILES string of the molecule is Cc1nc(-c2cn3c(n2)-c2cc(C(C)OS(C)(=O)=O)ncc2OCC3)n(C(C)C)n1. The van der Waals surface area contributed by atoms with Crippen LogP contribution in [0.25, 0.3) is 22.9 Å².